The van der Waals surface area contributed by atoms with Crippen molar-refractivity contribution in [2.24, 2.45) is 5.92 Å². The fourth-order valence-electron chi connectivity index (χ4n) is 0.965. The van der Waals surface area contributed by atoms with Gasteiger partial charge >= 0.3 is 0 Å². The first kappa shape index (κ1) is 10.2. The first-order chi connectivity index (χ1) is 5.72. The summed E-state index contributed by atoms with van der Waals surface area (Å²) in [5.74, 6) is 0.422. The number of rotatable bonds is 4. The second kappa shape index (κ2) is 5.00. The second-order valence-electron chi connectivity index (χ2n) is 3.06. The Labute approximate surface area is 85.6 Å². The molecule has 68 valence electrons. The first-order valence-electron chi connectivity index (χ1n) is 4.06. The Balaban J connectivity index is 2.33. The smallest absolute Gasteiger partial charge is 0.0456 e. The third-order valence-electron chi connectivity index (χ3n) is 1.82. The molecule has 0 aliphatic heterocycles. The number of hydrogen-bond donors (Lipinski definition) is 1. The molecule has 12 heavy (non-hydrogen) atoms. The van der Waals surface area contributed by atoms with Crippen molar-refractivity contribution in [1.29, 1.82) is 0 Å². The van der Waals surface area contributed by atoms with Crippen LogP contribution in [0.2, 0.25) is 0 Å². The van der Waals surface area contributed by atoms with Gasteiger partial charge in [0.1, 0.15) is 0 Å². The van der Waals surface area contributed by atoms with Gasteiger partial charge in [-0.1, -0.05) is 6.92 Å². The lowest BCUT2D eigenvalue weighted by Crippen LogP contribution is -2.01. The highest BCUT2D eigenvalue weighted by Gasteiger charge is 2.02. The van der Waals surface area contributed by atoms with Crippen LogP contribution in [-0.4, -0.2) is 11.7 Å². The quantitative estimate of drug-likeness (QED) is 0.869. The van der Waals surface area contributed by atoms with E-state index >= 15 is 0 Å². The molecular formula is C9H13BrOS. The van der Waals surface area contributed by atoms with Crippen LogP contribution in [0.1, 0.15) is 18.2 Å². The minimum absolute atomic E-state index is 0.298. The molecule has 0 aliphatic carbocycles. The summed E-state index contributed by atoms with van der Waals surface area (Å²) in [7, 11) is 0. The molecule has 1 unspecified atom stereocenters. The van der Waals surface area contributed by atoms with Gasteiger partial charge < -0.3 is 5.11 Å². The molecule has 0 bridgehead atoms. The average Bonchev–Trinajstić information content (AvgIpc) is 2.47. The summed E-state index contributed by atoms with van der Waals surface area (Å²) in [5, 5.41) is 10.9. The maximum atomic E-state index is 8.81. The van der Waals surface area contributed by atoms with Crippen LogP contribution in [0.4, 0.5) is 0 Å². The van der Waals surface area contributed by atoms with E-state index in [-0.39, 0.29) is 0 Å². The lowest BCUT2D eigenvalue weighted by molar-refractivity contribution is 0.231. The van der Waals surface area contributed by atoms with Gasteiger partial charge in [0.05, 0.1) is 0 Å². The maximum absolute atomic E-state index is 8.81. The molecule has 1 heterocycles. The molecule has 0 aromatic carbocycles. The summed E-state index contributed by atoms with van der Waals surface area (Å²) in [6, 6.07) is 2.15. The first-order valence-corrected chi connectivity index (χ1v) is 5.73. The van der Waals surface area contributed by atoms with E-state index in [0.717, 1.165) is 12.8 Å². The molecule has 0 fully saturated rings. The van der Waals surface area contributed by atoms with Gasteiger partial charge in [-0.3, -0.25) is 0 Å². The molecular weight excluding hydrogens is 236 g/mol. The lowest BCUT2D eigenvalue weighted by atomic mass is 10.1. The number of aliphatic hydroxyl groups excluding tert-OH is 1. The van der Waals surface area contributed by atoms with E-state index in [1.54, 1.807) is 11.3 Å². The zero-order valence-corrected chi connectivity index (χ0v) is 9.49. The van der Waals surface area contributed by atoms with Crippen LogP contribution in [0, 0.1) is 5.92 Å². The van der Waals surface area contributed by atoms with E-state index in [0.29, 0.717) is 12.5 Å². The molecule has 1 aromatic rings. The third-order valence-corrected chi connectivity index (χ3v) is 3.57. The Hall–Kier alpha value is 0.140. The molecule has 0 saturated carbocycles. The van der Waals surface area contributed by atoms with Crippen LogP contribution in [0.5, 0.6) is 0 Å². The Morgan fingerprint density at radius 1 is 1.67 bits per heavy atom. The predicted octanol–water partition coefficient (Wildman–Crippen LogP) is 3.07. The number of aryl methyl sites for hydroxylation is 1. The summed E-state index contributed by atoms with van der Waals surface area (Å²) in [6.07, 6.45) is 2.15. The predicted molar refractivity (Wildman–Crippen MR) is 56.6 cm³/mol. The normalized spacial score (nSPS) is 13.2. The number of thiophene rings is 1. The van der Waals surface area contributed by atoms with Crippen molar-refractivity contribution in [2.45, 2.75) is 19.8 Å². The molecule has 0 amide bonds. The van der Waals surface area contributed by atoms with Crippen molar-refractivity contribution >= 4 is 27.3 Å². The molecule has 0 aliphatic rings. The molecule has 1 aromatic heterocycles. The molecule has 1 atom stereocenters. The summed E-state index contributed by atoms with van der Waals surface area (Å²) >= 11 is 5.19. The Bertz CT molecular complexity index is 234. The van der Waals surface area contributed by atoms with Gasteiger partial charge in [-0.15, -0.1) is 11.3 Å². The Morgan fingerprint density at radius 2 is 2.42 bits per heavy atom. The molecule has 0 saturated heterocycles. The zero-order valence-electron chi connectivity index (χ0n) is 7.09. The van der Waals surface area contributed by atoms with E-state index in [4.69, 9.17) is 5.11 Å². The van der Waals surface area contributed by atoms with E-state index in [1.165, 1.54) is 9.35 Å². The largest absolute Gasteiger partial charge is 0.396 e. The Morgan fingerprint density at radius 3 is 2.92 bits per heavy atom. The second-order valence-corrected chi connectivity index (χ2v) is 4.97. The average molecular weight is 249 g/mol. The maximum Gasteiger partial charge on any atom is 0.0456 e. The van der Waals surface area contributed by atoms with Gasteiger partial charge in [-0.25, -0.2) is 0 Å². The van der Waals surface area contributed by atoms with Gasteiger partial charge in [-0.2, -0.15) is 0 Å². The summed E-state index contributed by atoms with van der Waals surface area (Å²) in [5.41, 5.74) is 0. The fourth-order valence-corrected chi connectivity index (χ4v) is 2.44. The van der Waals surface area contributed by atoms with E-state index < -0.39 is 0 Å². The molecule has 0 radical (unpaired) electrons. The van der Waals surface area contributed by atoms with Crippen LogP contribution < -0.4 is 0 Å². The fraction of sp³-hybridized carbons (Fsp3) is 0.556. The van der Waals surface area contributed by atoms with Crippen molar-refractivity contribution < 1.29 is 5.11 Å². The standard InChI is InChI=1S/C9H13BrOS/c1-7(5-11)2-3-9-4-8(10)6-12-9/h4,6-7,11H,2-3,5H2,1H3. The highest BCUT2D eigenvalue weighted by molar-refractivity contribution is 9.10. The van der Waals surface area contributed by atoms with Gasteiger partial charge in [0.25, 0.3) is 0 Å². The van der Waals surface area contributed by atoms with Gasteiger partial charge in [0.15, 0.2) is 0 Å². The zero-order chi connectivity index (χ0) is 8.97. The van der Waals surface area contributed by atoms with Crippen LogP contribution in [0.3, 0.4) is 0 Å². The van der Waals surface area contributed by atoms with E-state index in [2.05, 4.69) is 34.3 Å². The summed E-state index contributed by atoms with van der Waals surface area (Å²) in [6.45, 7) is 2.37. The van der Waals surface area contributed by atoms with Gasteiger partial charge in [0, 0.05) is 21.3 Å². The minimum Gasteiger partial charge on any atom is -0.396 e. The third kappa shape index (κ3) is 3.25. The van der Waals surface area contributed by atoms with Crippen LogP contribution in [0.15, 0.2) is 15.9 Å². The molecule has 1 nitrogen and oxygen atoms in total. The minimum atomic E-state index is 0.298. The van der Waals surface area contributed by atoms with Crippen molar-refractivity contribution in [1.82, 2.24) is 0 Å². The number of aliphatic hydroxyl groups is 1. The molecule has 3 heteroatoms. The van der Waals surface area contributed by atoms with E-state index in [9.17, 15) is 0 Å². The summed E-state index contributed by atoms with van der Waals surface area (Å²) in [4.78, 5) is 1.39. The van der Waals surface area contributed by atoms with Crippen LogP contribution in [0.25, 0.3) is 0 Å². The van der Waals surface area contributed by atoms with Gasteiger partial charge in [0.2, 0.25) is 0 Å². The van der Waals surface area contributed by atoms with Crippen molar-refractivity contribution in [2.75, 3.05) is 6.61 Å². The van der Waals surface area contributed by atoms with Crippen molar-refractivity contribution in [3.8, 4) is 0 Å². The molecule has 1 N–H and O–H groups in total. The number of hydrogen-bond acceptors (Lipinski definition) is 2. The topological polar surface area (TPSA) is 20.2 Å². The van der Waals surface area contributed by atoms with Crippen LogP contribution in [-0.2, 0) is 6.42 Å². The lowest BCUT2D eigenvalue weighted by Gasteiger charge is -2.04. The van der Waals surface area contributed by atoms with E-state index in [1.807, 2.05) is 0 Å². The highest BCUT2D eigenvalue weighted by Crippen LogP contribution is 2.21. The van der Waals surface area contributed by atoms with Gasteiger partial charge in [-0.05, 0) is 40.8 Å². The highest BCUT2D eigenvalue weighted by atomic mass is 79.9. The summed E-state index contributed by atoms with van der Waals surface area (Å²) < 4.78 is 1.17. The van der Waals surface area contributed by atoms with Crippen LogP contribution >= 0.6 is 27.3 Å². The van der Waals surface area contributed by atoms with Crippen molar-refractivity contribution in [3.63, 3.8) is 0 Å². The van der Waals surface area contributed by atoms with Crippen molar-refractivity contribution in [3.05, 3.63) is 20.8 Å². The number of halogens is 1. The molecule has 0 spiro atoms. The Kier molecular flexibility index (Phi) is 4.26. The monoisotopic (exact) mass is 248 g/mol. The molecule has 1 rings (SSSR count). The SMILES string of the molecule is CC(CO)CCc1cc(Br)cs1.